The molecule has 0 aliphatic rings. The van der Waals surface area contributed by atoms with Gasteiger partial charge in [0, 0.05) is 59.0 Å². The summed E-state index contributed by atoms with van der Waals surface area (Å²) >= 11 is 1.78. The number of thiophene rings is 1. The van der Waals surface area contributed by atoms with E-state index in [0.717, 1.165) is 59.1 Å². The number of ketones is 1. The number of furan rings is 1. The Morgan fingerprint density at radius 1 is 0.863 bits per heavy atom. The first kappa shape index (κ1) is 40.2. The molecule has 0 spiro atoms. The molecule has 0 fully saturated rings. The minimum Gasteiger partial charge on any atom is -0.512 e. The number of aryl methyl sites for hydroxylation is 1. The van der Waals surface area contributed by atoms with Crippen LogP contribution >= 0.6 is 11.3 Å². The fourth-order valence-corrected chi connectivity index (χ4v) is 7.50. The third-order valence-electron chi connectivity index (χ3n) is 10.9. The normalized spacial score (nSPS) is 12.5. The van der Waals surface area contributed by atoms with E-state index in [1.54, 1.807) is 11.3 Å². The number of hydrogen-bond acceptors (Lipinski definition) is 5. The van der Waals surface area contributed by atoms with Crippen LogP contribution in [0, 0.1) is 23.8 Å². The summed E-state index contributed by atoms with van der Waals surface area (Å²) < 4.78 is 7.79. The van der Waals surface area contributed by atoms with Crippen LogP contribution in [-0.4, -0.2) is 15.9 Å². The second-order valence-electron chi connectivity index (χ2n) is 15.1. The van der Waals surface area contributed by atoms with Gasteiger partial charge in [0.15, 0.2) is 5.78 Å². The summed E-state index contributed by atoms with van der Waals surface area (Å²) in [4.78, 5) is 18.1. The van der Waals surface area contributed by atoms with Crippen LogP contribution in [0.25, 0.3) is 53.7 Å². The number of carbonyl (C=O) groups is 1. The quantitative estimate of drug-likeness (QED) is 0.0893. The summed E-state index contributed by atoms with van der Waals surface area (Å²) in [6, 6.07) is 27.0. The van der Waals surface area contributed by atoms with Gasteiger partial charge in [0.25, 0.3) is 0 Å². The van der Waals surface area contributed by atoms with Gasteiger partial charge in [-0.3, -0.25) is 9.78 Å². The van der Waals surface area contributed by atoms with E-state index in [-0.39, 0.29) is 47.9 Å². The minimum absolute atomic E-state index is 0. The molecule has 0 amide bonds. The molecular formula is C45H52IrNO3S-. The van der Waals surface area contributed by atoms with E-state index in [2.05, 4.69) is 94.4 Å². The van der Waals surface area contributed by atoms with Gasteiger partial charge in [0.1, 0.15) is 17.1 Å². The summed E-state index contributed by atoms with van der Waals surface area (Å²) in [5.74, 6) is 1.18. The van der Waals surface area contributed by atoms with Crippen molar-refractivity contribution in [3.8, 4) is 21.9 Å². The van der Waals surface area contributed by atoms with E-state index in [9.17, 15) is 9.90 Å². The van der Waals surface area contributed by atoms with Crippen molar-refractivity contribution in [3.63, 3.8) is 0 Å². The van der Waals surface area contributed by atoms with Crippen molar-refractivity contribution in [2.45, 2.75) is 100 Å². The number of rotatable bonds is 9. The number of aliphatic hydroxyl groups is 1. The van der Waals surface area contributed by atoms with Gasteiger partial charge in [0.2, 0.25) is 0 Å². The molecule has 3 aromatic heterocycles. The van der Waals surface area contributed by atoms with E-state index in [1.807, 2.05) is 53.8 Å². The molecule has 0 aliphatic carbocycles. The van der Waals surface area contributed by atoms with Crippen molar-refractivity contribution in [2.75, 3.05) is 0 Å². The Balaban J connectivity index is 0.000000279. The van der Waals surface area contributed by atoms with E-state index in [0.29, 0.717) is 0 Å². The molecule has 1 N–H and O–H groups in total. The summed E-state index contributed by atoms with van der Waals surface area (Å²) in [6.45, 7) is 21.0. The number of benzene rings is 3. The smallest absolute Gasteiger partial charge is 0.164 e. The Morgan fingerprint density at radius 3 is 2.08 bits per heavy atom. The second kappa shape index (κ2) is 16.0. The largest absolute Gasteiger partial charge is 0.512 e. The Bertz CT molecular complexity index is 2170. The third-order valence-corrected chi connectivity index (χ3v) is 12.2. The van der Waals surface area contributed by atoms with Crippen LogP contribution in [0.3, 0.4) is 0 Å². The first-order chi connectivity index (χ1) is 23.7. The third kappa shape index (κ3) is 8.09. The van der Waals surface area contributed by atoms with Gasteiger partial charge in [-0.05, 0) is 67.2 Å². The predicted octanol–water partition coefficient (Wildman–Crippen LogP) is 13.6. The maximum absolute atomic E-state index is 12.2. The molecule has 3 aromatic carbocycles. The van der Waals surface area contributed by atoms with Gasteiger partial charge >= 0.3 is 0 Å². The van der Waals surface area contributed by atoms with Crippen molar-refractivity contribution in [3.05, 3.63) is 102 Å². The number of carbonyl (C=O) groups excluding carboxylic acids is 1. The topological polar surface area (TPSA) is 63.3 Å². The number of allylic oxidation sites excluding steroid dienone is 2. The molecule has 3 heterocycles. The second-order valence-corrected chi connectivity index (χ2v) is 16.1. The standard InChI is InChI=1S/C30H24NOS.C15H28O2.Ir/c1-18-22-10-7-8-12-26(22)33-29(18)25-17-20-13-14-31-27(28(20)32-25)21-15-19-9-5-6-11-23(19)24(16-21)30(2,3)4;1-7-14(5,8-2)12(16)11-13(17)15(6,9-3)10-4;/h5-14,16-17H,1-4H3;11,16H,7-10H2,1-6H3;/q-1;;/b;12-11-;. The number of fused-ring (bicyclic) bond motifs is 3. The average Bonchev–Trinajstić information content (AvgIpc) is 3.71. The SMILES string of the molecule is CCC(C)(CC)C(=O)/C=C(\O)C(C)(CC)CC.Cc1c(-c2cc3ccnc(-c4[c-]c5ccccc5c(C(C)(C)C)c4)c3o2)sc2ccccc12.[Ir]. The molecule has 51 heavy (non-hydrogen) atoms. The molecule has 0 saturated carbocycles. The van der Waals surface area contributed by atoms with Crippen molar-refractivity contribution in [1.29, 1.82) is 0 Å². The molecule has 1 radical (unpaired) electrons. The Labute approximate surface area is 321 Å². The minimum atomic E-state index is -0.337. The molecule has 4 nitrogen and oxygen atoms in total. The van der Waals surface area contributed by atoms with Crippen LogP contribution in [-0.2, 0) is 30.3 Å². The Hall–Kier alpha value is -3.57. The first-order valence-corrected chi connectivity index (χ1v) is 18.8. The molecule has 0 saturated heterocycles. The van der Waals surface area contributed by atoms with E-state index < -0.39 is 0 Å². The number of aromatic nitrogens is 1. The monoisotopic (exact) mass is 879 g/mol. The van der Waals surface area contributed by atoms with Crippen LogP contribution in [0.2, 0.25) is 0 Å². The first-order valence-electron chi connectivity index (χ1n) is 18.0. The Morgan fingerprint density at radius 2 is 1.47 bits per heavy atom. The number of hydrogen-bond donors (Lipinski definition) is 1. The van der Waals surface area contributed by atoms with Crippen molar-refractivity contribution >= 4 is 48.9 Å². The molecular weight excluding hydrogens is 827 g/mol. The molecule has 0 aliphatic heterocycles. The zero-order valence-electron chi connectivity index (χ0n) is 31.8. The van der Waals surface area contributed by atoms with Gasteiger partial charge in [-0.1, -0.05) is 110 Å². The summed E-state index contributed by atoms with van der Waals surface area (Å²) in [6.07, 6.45) is 6.62. The number of aliphatic hydroxyl groups excluding tert-OH is 1. The maximum Gasteiger partial charge on any atom is 0.164 e. The molecule has 6 aromatic rings. The molecule has 6 heteroatoms. The van der Waals surface area contributed by atoms with Crippen LogP contribution < -0.4 is 0 Å². The zero-order valence-corrected chi connectivity index (χ0v) is 35.0. The van der Waals surface area contributed by atoms with Crippen molar-refractivity contribution < 1.29 is 34.4 Å². The number of pyridine rings is 1. The average molecular weight is 879 g/mol. The van der Waals surface area contributed by atoms with Crippen LogP contribution in [0.5, 0.6) is 0 Å². The van der Waals surface area contributed by atoms with E-state index in [4.69, 9.17) is 9.40 Å². The van der Waals surface area contributed by atoms with Gasteiger partial charge in [-0.25, -0.2) is 0 Å². The van der Waals surface area contributed by atoms with Gasteiger partial charge < -0.3 is 9.52 Å². The fourth-order valence-electron chi connectivity index (χ4n) is 6.34. The molecule has 271 valence electrons. The van der Waals surface area contributed by atoms with Crippen LogP contribution in [0.15, 0.2) is 89.2 Å². The van der Waals surface area contributed by atoms with E-state index in [1.165, 1.54) is 37.6 Å². The van der Waals surface area contributed by atoms with Gasteiger partial charge in [-0.15, -0.1) is 40.5 Å². The van der Waals surface area contributed by atoms with Crippen LogP contribution in [0.1, 0.15) is 99.1 Å². The van der Waals surface area contributed by atoms with E-state index >= 15 is 0 Å². The van der Waals surface area contributed by atoms with Crippen molar-refractivity contribution in [1.82, 2.24) is 4.98 Å². The van der Waals surface area contributed by atoms with Gasteiger partial charge in [0.05, 0.1) is 4.88 Å². The molecule has 0 atom stereocenters. The zero-order chi connectivity index (χ0) is 36.4. The van der Waals surface area contributed by atoms with Crippen molar-refractivity contribution in [2.24, 2.45) is 10.8 Å². The van der Waals surface area contributed by atoms with Crippen LogP contribution in [0.4, 0.5) is 0 Å². The fraction of sp³-hybridized carbons (Fsp3) is 0.378. The maximum atomic E-state index is 12.2. The molecule has 6 rings (SSSR count). The Kier molecular flexibility index (Phi) is 12.6. The molecule has 0 unspecified atom stereocenters. The summed E-state index contributed by atoms with van der Waals surface area (Å²) in [5, 5.41) is 14.8. The predicted molar refractivity (Wildman–Crippen MR) is 213 cm³/mol. The summed E-state index contributed by atoms with van der Waals surface area (Å²) in [7, 11) is 0. The van der Waals surface area contributed by atoms with Gasteiger partial charge in [-0.2, -0.15) is 0 Å². The number of nitrogens with zero attached hydrogens (tertiary/aromatic N) is 1. The molecule has 0 bridgehead atoms. The summed E-state index contributed by atoms with van der Waals surface area (Å²) in [5.41, 5.74) is 4.57.